The zero-order valence-corrected chi connectivity index (χ0v) is 9.42. The van der Waals surface area contributed by atoms with E-state index in [-0.39, 0.29) is 5.75 Å². The van der Waals surface area contributed by atoms with Gasteiger partial charge in [-0.3, -0.25) is 0 Å². The molecule has 0 amide bonds. The van der Waals surface area contributed by atoms with Crippen molar-refractivity contribution in [1.29, 1.82) is 0 Å². The summed E-state index contributed by atoms with van der Waals surface area (Å²) in [7, 11) is 0. The van der Waals surface area contributed by atoms with Gasteiger partial charge in [-0.25, -0.2) is 4.39 Å². The number of aryl methyl sites for hydroxylation is 1. The van der Waals surface area contributed by atoms with E-state index in [1.807, 2.05) is 19.1 Å². The van der Waals surface area contributed by atoms with Crippen LogP contribution in [0.1, 0.15) is 5.56 Å². The van der Waals surface area contributed by atoms with Crippen LogP contribution in [0, 0.1) is 12.7 Å². The van der Waals surface area contributed by atoms with Gasteiger partial charge in [0.25, 0.3) is 0 Å². The van der Waals surface area contributed by atoms with Crippen molar-refractivity contribution < 1.29 is 9.50 Å². The molecule has 0 aromatic heterocycles. The summed E-state index contributed by atoms with van der Waals surface area (Å²) in [6, 6.07) is 9.79. The summed E-state index contributed by atoms with van der Waals surface area (Å²) in [6.07, 6.45) is 0. The Labute approximate surface area is 98.1 Å². The molecular weight excluding hydrogens is 227 g/mol. The Morgan fingerprint density at radius 3 is 2.31 bits per heavy atom. The first-order valence-electron chi connectivity index (χ1n) is 4.83. The fourth-order valence-electron chi connectivity index (χ4n) is 1.51. The SMILES string of the molecule is Cc1cc(-c2ccc(O)c(F)c2)ccc1Cl. The molecule has 1 nitrogen and oxygen atoms in total. The minimum absolute atomic E-state index is 0.338. The second-order valence-corrected chi connectivity index (χ2v) is 4.04. The van der Waals surface area contributed by atoms with E-state index >= 15 is 0 Å². The summed E-state index contributed by atoms with van der Waals surface area (Å²) in [6.45, 7) is 1.89. The van der Waals surface area contributed by atoms with E-state index in [1.165, 1.54) is 12.1 Å². The van der Waals surface area contributed by atoms with Crippen molar-refractivity contribution in [3.63, 3.8) is 0 Å². The van der Waals surface area contributed by atoms with Crippen LogP contribution in [-0.4, -0.2) is 5.11 Å². The summed E-state index contributed by atoms with van der Waals surface area (Å²) in [4.78, 5) is 0. The molecule has 0 heterocycles. The number of halogens is 2. The molecule has 0 aliphatic rings. The molecule has 0 saturated carbocycles. The molecule has 1 N–H and O–H groups in total. The second-order valence-electron chi connectivity index (χ2n) is 3.63. The van der Waals surface area contributed by atoms with Crippen molar-refractivity contribution >= 4 is 11.6 Å². The van der Waals surface area contributed by atoms with Crippen molar-refractivity contribution in [2.75, 3.05) is 0 Å². The van der Waals surface area contributed by atoms with Crippen molar-refractivity contribution in [3.8, 4) is 16.9 Å². The highest BCUT2D eigenvalue weighted by molar-refractivity contribution is 6.31. The van der Waals surface area contributed by atoms with Gasteiger partial charge < -0.3 is 5.11 Å². The normalized spacial score (nSPS) is 10.4. The standard InChI is InChI=1S/C13H10ClFO/c1-8-6-9(2-4-11(8)14)10-3-5-13(16)12(15)7-10/h2-7,16H,1H3. The molecule has 0 unspecified atom stereocenters. The van der Waals surface area contributed by atoms with Gasteiger partial charge in [0.1, 0.15) is 0 Å². The number of phenols is 1. The van der Waals surface area contributed by atoms with E-state index in [1.54, 1.807) is 12.1 Å². The first-order chi connectivity index (χ1) is 7.58. The van der Waals surface area contributed by atoms with Crippen LogP contribution in [0.4, 0.5) is 4.39 Å². The Morgan fingerprint density at radius 1 is 1.06 bits per heavy atom. The Hall–Kier alpha value is -1.54. The van der Waals surface area contributed by atoms with Crippen LogP contribution in [0.3, 0.4) is 0 Å². The third-order valence-corrected chi connectivity index (χ3v) is 2.86. The van der Waals surface area contributed by atoms with Gasteiger partial charge in [0.15, 0.2) is 11.6 Å². The van der Waals surface area contributed by atoms with E-state index in [2.05, 4.69) is 0 Å². The lowest BCUT2D eigenvalue weighted by Gasteiger charge is -2.05. The number of hydrogen-bond acceptors (Lipinski definition) is 1. The number of hydrogen-bond donors (Lipinski definition) is 1. The molecule has 2 rings (SSSR count). The Morgan fingerprint density at radius 2 is 1.69 bits per heavy atom. The zero-order valence-electron chi connectivity index (χ0n) is 8.67. The molecule has 0 fully saturated rings. The van der Waals surface area contributed by atoms with Crippen molar-refractivity contribution in [2.24, 2.45) is 0 Å². The van der Waals surface area contributed by atoms with Gasteiger partial charge in [0.05, 0.1) is 0 Å². The van der Waals surface area contributed by atoms with E-state index in [9.17, 15) is 4.39 Å². The molecule has 0 saturated heterocycles. The Kier molecular flexibility index (Phi) is 2.84. The van der Waals surface area contributed by atoms with E-state index in [0.29, 0.717) is 5.02 Å². The summed E-state index contributed by atoms with van der Waals surface area (Å²) in [5, 5.41) is 9.78. The van der Waals surface area contributed by atoms with Gasteiger partial charge in [-0.15, -0.1) is 0 Å². The summed E-state index contributed by atoms with van der Waals surface area (Å²) >= 11 is 5.91. The van der Waals surface area contributed by atoms with Gasteiger partial charge in [-0.1, -0.05) is 23.7 Å². The van der Waals surface area contributed by atoms with Crippen molar-refractivity contribution in [1.82, 2.24) is 0 Å². The highest BCUT2D eigenvalue weighted by Crippen LogP contribution is 2.27. The summed E-state index contributed by atoms with van der Waals surface area (Å²) in [5.41, 5.74) is 2.53. The molecule has 2 aromatic carbocycles. The second kappa shape index (κ2) is 4.14. The molecule has 2 aromatic rings. The predicted molar refractivity (Wildman–Crippen MR) is 63.2 cm³/mol. The number of rotatable bonds is 1. The largest absolute Gasteiger partial charge is 0.505 e. The van der Waals surface area contributed by atoms with Gasteiger partial charge in [-0.2, -0.15) is 0 Å². The van der Waals surface area contributed by atoms with Gasteiger partial charge >= 0.3 is 0 Å². The molecule has 0 aliphatic heterocycles. The molecule has 82 valence electrons. The quantitative estimate of drug-likeness (QED) is 0.788. The van der Waals surface area contributed by atoms with Crippen LogP contribution < -0.4 is 0 Å². The first-order valence-corrected chi connectivity index (χ1v) is 5.21. The molecule has 0 bridgehead atoms. The fraction of sp³-hybridized carbons (Fsp3) is 0.0769. The highest BCUT2D eigenvalue weighted by atomic mass is 35.5. The number of aromatic hydroxyl groups is 1. The van der Waals surface area contributed by atoms with Crippen LogP contribution in [0.5, 0.6) is 5.75 Å². The number of phenolic OH excluding ortho intramolecular Hbond substituents is 1. The predicted octanol–water partition coefficient (Wildman–Crippen LogP) is 4.16. The molecule has 0 aliphatic carbocycles. The van der Waals surface area contributed by atoms with Gasteiger partial charge in [-0.05, 0) is 47.9 Å². The lowest BCUT2D eigenvalue weighted by molar-refractivity contribution is 0.432. The third-order valence-electron chi connectivity index (χ3n) is 2.44. The van der Waals surface area contributed by atoms with E-state index in [0.717, 1.165) is 16.7 Å². The molecular formula is C13H10ClFO. The van der Waals surface area contributed by atoms with Crippen LogP contribution in [-0.2, 0) is 0 Å². The minimum Gasteiger partial charge on any atom is -0.505 e. The summed E-state index contributed by atoms with van der Waals surface area (Å²) in [5.74, 6) is -0.959. The maximum absolute atomic E-state index is 13.2. The van der Waals surface area contributed by atoms with Crippen LogP contribution >= 0.6 is 11.6 Å². The maximum Gasteiger partial charge on any atom is 0.165 e. The minimum atomic E-state index is -0.620. The molecule has 16 heavy (non-hydrogen) atoms. The van der Waals surface area contributed by atoms with Crippen molar-refractivity contribution in [2.45, 2.75) is 6.92 Å². The van der Waals surface area contributed by atoms with E-state index in [4.69, 9.17) is 16.7 Å². The zero-order chi connectivity index (χ0) is 11.7. The van der Waals surface area contributed by atoms with E-state index < -0.39 is 5.82 Å². The smallest absolute Gasteiger partial charge is 0.165 e. The topological polar surface area (TPSA) is 20.2 Å². The maximum atomic E-state index is 13.2. The average Bonchev–Trinajstić information content (AvgIpc) is 2.26. The highest BCUT2D eigenvalue weighted by Gasteiger charge is 2.04. The van der Waals surface area contributed by atoms with Crippen LogP contribution in [0.25, 0.3) is 11.1 Å². The van der Waals surface area contributed by atoms with Crippen LogP contribution in [0.2, 0.25) is 5.02 Å². The summed E-state index contributed by atoms with van der Waals surface area (Å²) < 4.78 is 13.2. The monoisotopic (exact) mass is 236 g/mol. The average molecular weight is 237 g/mol. The molecule has 0 spiro atoms. The van der Waals surface area contributed by atoms with Gasteiger partial charge in [0.2, 0.25) is 0 Å². The Balaban J connectivity index is 2.50. The fourth-order valence-corrected chi connectivity index (χ4v) is 1.63. The molecule has 0 atom stereocenters. The lowest BCUT2D eigenvalue weighted by Crippen LogP contribution is -1.83. The van der Waals surface area contributed by atoms with Gasteiger partial charge in [0, 0.05) is 5.02 Å². The first kappa shape index (κ1) is 11.0. The number of benzene rings is 2. The third kappa shape index (κ3) is 2.02. The molecule has 3 heteroatoms. The van der Waals surface area contributed by atoms with Crippen LogP contribution in [0.15, 0.2) is 36.4 Å². The van der Waals surface area contributed by atoms with Crippen molar-refractivity contribution in [3.05, 3.63) is 52.8 Å². The lowest BCUT2D eigenvalue weighted by atomic mass is 10.0. The Bertz CT molecular complexity index is 488. The molecule has 0 radical (unpaired) electrons.